The molecule has 0 aliphatic carbocycles. The third-order valence-electron chi connectivity index (χ3n) is 2.37. The van der Waals surface area contributed by atoms with Gasteiger partial charge in [0.1, 0.15) is 11.8 Å². The summed E-state index contributed by atoms with van der Waals surface area (Å²) < 4.78 is 10.1. The molecule has 0 aliphatic rings. The molecule has 5 N–H and O–H groups in total. The Morgan fingerprint density at radius 1 is 1.50 bits per heavy atom. The summed E-state index contributed by atoms with van der Waals surface area (Å²) >= 11 is 0. The number of phenols is 1. The molecule has 8 heteroatoms. The van der Waals surface area contributed by atoms with Crippen molar-refractivity contribution in [3.8, 4) is 11.8 Å². The van der Waals surface area contributed by atoms with Gasteiger partial charge in [0.15, 0.2) is 12.1 Å². The first-order chi connectivity index (χ1) is 9.53. The van der Waals surface area contributed by atoms with Gasteiger partial charge in [-0.1, -0.05) is 0 Å². The molecule has 1 rings (SSSR count). The maximum atomic E-state index is 9.75. The summed E-state index contributed by atoms with van der Waals surface area (Å²) in [5, 5.41) is 29.3. The maximum absolute atomic E-state index is 9.75. The topological polar surface area (TPSA) is 137 Å². The molecule has 0 saturated carbocycles. The summed E-state index contributed by atoms with van der Waals surface area (Å²) in [7, 11) is 2.88. The minimum Gasteiger partial charge on any atom is -0.507 e. The van der Waals surface area contributed by atoms with Crippen LogP contribution in [0.15, 0.2) is 23.3 Å². The van der Waals surface area contributed by atoms with E-state index in [2.05, 4.69) is 10.5 Å². The van der Waals surface area contributed by atoms with Crippen molar-refractivity contribution in [3.05, 3.63) is 23.8 Å². The van der Waals surface area contributed by atoms with Gasteiger partial charge < -0.3 is 20.3 Å². The van der Waals surface area contributed by atoms with Crippen LogP contribution in [0.5, 0.6) is 5.75 Å². The number of phenolic OH excluding ortho intramolecular Hbond substituents is 1. The number of ether oxygens (including phenoxy) is 2. The summed E-state index contributed by atoms with van der Waals surface area (Å²) in [6, 6.07) is 6.20. The van der Waals surface area contributed by atoms with E-state index >= 15 is 0 Å². The number of nitriles is 1. The fourth-order valence-corrected chi connectivity index (χ4v) is 1.43. The highest BCUT2D eigenvalue weighted by Crippen LogP contribution is 2.29. The molecular formula is C12H15N5O3. The van der Waals surface area contributed by atoms with E-state index in [4.69, 9.17) is 25.9 Å². The van der Waals surface area contributed by atoms with E-state index in [-0.39, 0.29) is 11.5 Å². The van der Waals surface area contributed by atoms with Gasteiger partial charge in [-0.3, -0.25) is 10.8 Å². The Kier molecular flexibility index (Phi) is 5.46. The Morgan fingerprint density at radius 3 is 2.65 bits per heavy atom. The van der Waals surface area contributed by atoms with Gasteiger partial charge in [0.05, 0.1) is 11.3 Å². The lowest BCUT2D eigenvalue weighted by Gasteiger charge is -2.16. The molecule has 0 saturated heterocycles. The largest absolute Gasteiger partial charge is 0.507 e. The van der Waals surface area contributed by atoms with Gasteiger partial charge in [-0.05, 0) is 18.2 Å². The van der Waals surface area contributed by atoms with Crippen LogP contribution >= 0.6 is 0 Å². The number of hydrogen-bond acceptors (Lipinski definition) is 7. The molecule has 106 valence electrons. The van der Waals surface area contributed by atoms with E-state index in [1.54, 1.807) is 18.2 Å². The van der Waals surface area contributed by atoms with Gasteiger partial charge in [-0.2, -0.15) is 10.4 Å². The van der Waals surface area contributed by atoms with Crippen molar-refractivity contribution >= 4 is 17.2 Å². The predicted octanol–water partition coefficient (Wildman–Crippen LogP) is 0.911. The van der Waals surface area contributed by atoms with Crippen molar-refractivity contribution in [2.45, 2.75) is 6.29 Å². The predicted molar refractivity (Wildman–Crippen MR) is 73.5 cm³/mol. The minimum absolute atomic E-state index is 0.000282. The monoisotopic (exact) mass is 277 g/mol. The Bertz CT molecular complexity index is 561. The van der Waals surface area contributed by atoms with Gasteiger partial charge in [0, 0.05) is 14.2 Å². The van der Waals surface area contributed by atoms with Crippen molar-refractivity contribution in [1.82, 2.24) is 0 Å². The summed E-state index contributed by atoms with van der Waals surface area (Å²) in [5.41, 5.74) is 8.37. The van der Waals surface area contributed by atoms with Crippen molar-refractivity contribution in [2.75, 3.05) is 19.6 Å². The molecule has 0 bridgehead atoms. The number of amidine groups is 1. The first-order valence-electron chi connectivity index (χ1n) is 5.50. The molecule has 0 aliphatic heterocycles. The number of methoxy groups -OCH3 is 2. The standard InChI is InChI=1S/C12H15N5O3/c1-19-12(20-2)8-5-7(3-4-10(8)18)16-17-9(6-13)11(14)15/h3-5,12,16,18H,1-2H3,(H3,14,15)/b17-9+. The lowest BCUT2D eigenvalue weighted by atomic mass is 10.1. The molecule has 0 unspecified atom stereocenters. The summed E-state index contributed by atoms with van der Waals surface area (Å²) in [5.74, 6) is -0.439. The second-order valence-corrected chi connectivity index (χ2v) is 3.67. The number of nitrogens with two attached hydrogens (primary N) is 1. The Hall–Kier alpha value is -2.63. The second-order valence-electron chi connectivity index (χ2n) is 3.67. The highest BCUT2D eigenvalue weighted by Gasteiger charge is 2.14. The molecule has 0 spiro atoms. The maximum Gasteiger partial charge on any atom is 0.201 e. The first-order valence-corrected chi connectivity index (χ1v) is 5.50. The van der Waals surface area contributed by atoms with E-state index in [0.29, 0.717) is 11.3 Å². The second kappa shape index (κ2) is 7.08. The van der Waals surface area contributed by atoms with Crippen molar-refractivity contribution in [3.63, 3.8) is 0 Å². The molecule has 0 fully saturated rings. The molecular weight excluding hydrogens is 262 g/mol. The molecule has 0 amide bonds. The van der Waals surface area contributed by atoms with E-state index in [9.17, 15) is 5.11 Å². The molecule has 0 radical (unpaired) electrons. The molecule has 0 heterocycles. The van der Waals surface area contributed by atoms with Crippen molar-refractivity contribution < 1.29 is 14.6 Å². The molecule has 0 aromatic heterocycles. The molecule has 0 atom stereocenters. The third kappa shape index (κ3) is 3.68. The highest BCUT2D eigenvalue weighted by atomic mass is 16.7. The highest BCUT2D eigenvalue weighted by molar-refractivity contribution is 6.45. The van der Waals surface area contributed by atoms with Gasteiger partial charge in [0.2, 0.25) is 5.71 Å². The number of nitrogens with zero attached hydrogens (tertiary/aromatic N) is 2. The zero-order valence-corrected chi connectivity index (χ0v) is 11.0. The lowest BCUT2D eigenvalue weighted by molar-refractivity contribution is -0.106. The number of anilines is 1. The minimum atomic E-state index is -0.732. The van der Waals surface area contributed by atoms with Gasteiger partial charge in [-0.25, -0.2) is 0 Å². The SMILES string of the molecule is COC(OC)c1cc(N/N=C(\C#N)C(=N)N)ccc1O. The fraction of sp³-hybridized carbons (Fsp3) is 0.250. The van der Waals surface area contributed by atoms with Crippen LogP contribution in [0.4, 0.5) is 5.69 Å². The Labute approximate surface area is 115 Å². The fourth-order valence-electron chi connectivity index (χ4n) is 1.43. The normalized spacial score (nSPS) is 11.2. The van der Waals surface area contributed by atoms with Crippen LogP contribution in [0.3, 0.4) is 0 Å². The number of nitrogens with one attached hydrogen (secondary N) is 2. The summed E-state index contributed by atoms with van der Waals surface area (Å²) in [4.78, 5) is 0. The van der Waals surface area contributed by atoms with E-state index in [1.807, 2.05) is 0 Å². The van der Waals surface area contributed by atoms with E-state index < -0.39 is 12.1 Å². The third-order valence-corrected chi connectivity index (χ3v) is 2.37. The van der Waals surface area contributed by atoms with E-state index in [0.717, 1.165) is 0 Å². The van der Waals surface area contributed by atoms with Gasteiger partial charge >= 0.3 is 0 Å². The van der Waals surface area contributed by atoms with Crippen LogP contribution in [0.1, 0.15) is 11.9 Å². The zero-order chi connectivity index (χ0) is 15.1. The average molecular weight is 277 g/mol. The summed E-state index contributed by atoms with van der Waals surface area (Å²) in [6.45, 7) is 0. The Morgan fingerprint density at radius 2 is 2.15 bits per heavy atom. The first kappa shape index (κ1) is 15.4. The van der Waals surface area contributed by atoms with E-state index in [1.165, 1.54) is 20.3 Å². The molecule has 20 heavy (non-hydrogen) atoms. The number of hydrogen-bond donors (Lipinski definition) is 4. The number of hydrazone groups is 1. The summed E-state index contributed by atoms with van der Waals surface area (Å²) in [6.07, 6.45) is -0.732. The smallest absolute Gasteiger partial charge is 0.201 e. The van der Waals surface area contributed by atoms with Crippen LogP contribution in [0, 0.1) is 16.7 Å². The van der Waals surface area contributed by atoms with Crippen molar-refractivity contribution in [2.24, 2.45) is 10.8 Å². The number of aromatic hydroxyl groups is 1. The molecule has 8 nitrogen and oxygen atoms in total. The quantitative estimate of drug-likeness (QED) is 0.200. The number of rotatable bonds is 6. The van der Waals surface area contributed by atoms with Crippen LogP contribution in [-0.4, -0.2) is 30.9 Å². The lowest BCUT2D eigenvalue weighted by Crippen LogP contribution is -2.21. The molecule has 1 aromatic rings. The average Bonchev–Trinajstić information content (AvgIpc) is 2.43. The Balaban J connectivity index is 3.02. The van der Waals surface area contributed by atoms with Gasteiger partial charge in [0.25, 0.3) is 0 Å². The van der Waals surface area contributed by atoms with Crippen LogP contribution in [-0.2, 0) is 9.47 Å². The van der Waals surface area contributed by atoms with Crippen LogP contribution < -0.4 is 11.2 Å². The number of benzene rings is 1. The van der Waals surface area contributed by atoms with Crippen molar-refractivity contribution in [1.29, 1.82) is 10.7 Å². The van der Waals surface area contributed by atoms with Crippen LogP contribution in [0.25, 0.3) is 0 Å². The van der Waals surface area contributed by atoms with Gasteiger partial charge in [-0.15, -0.1) is 0 Å². The zero-order valence-electron chi connectivity index (χ0n) is 11.0. The molecule has 1 aromatic carbocycles. The van der Waals surface area contributed by atoms with Crippen LogP contribution in [0.2, 0.25) is 0 Å².